The maximum absolute atomic E-state index is 13.1. The molecule has 4 rings (SSSR count). The lowest BCUT2D eigenvalue weighted by Crippen LogP contribution is -2.20. The van der Waals surface area contributed by atoms with Crippen molar-refractivity contribution in [3.05, 3.63) is 65.4 Å². The number of nitrogens with zero attached hydrogens (tertiary/aromatic N) is 1. The molecule has 0 saturated carbocycles. The van der Waals surface area contributed by atoms with Crippen molar-refractivity contribution in [2.75, 3.05) is 5.32 Å². The summed E-state index contributed by atoms with van der Waals surface area (Å²) in [5.74, 6) is 0.446. The molecule has 0 aliphatic heterocycles. The Bertz CT molecular complexity index is 1060. The van der Waals surface area contributed by atoms with Crippen LogP contribution in [0.3, 0.4) is 0 Å². The van der Waals surface area contributed by atoms with Crippen LogP contribution in [0.1, 0.15) is 41.9 Å². The lowest BCUT2D eigenvalue weighted by molar-refractivity contribution is -0.114. The number of para-hydroxylation sites is 1. The predicted octanol–water partition coefficient (Wildman–Crippen LogP) is 4.54. The number of esters is 1. The monoisotopic (exact) mass is 374 g/mol. The van der Waals surface area contributed by atoms with Crippen molar-refractivity contribution in [1.82, 2.24) is 4.98 Å². The van der Waals surface area contributed by atoms with Gasteiger partial charge in [-0.15, -0.1) is 0 Å². The number of hydrogen-bond donors (Lipinski definition) is 1. The molecule has 0 fully saturated rings. The van der Waals surface area contributed by atoms with Crippen LogP contribution in [-0.2, 0) is 17.6 Å². The number of aryl methyl sites for hydroxylation is 1. The van der Waals surface area contributed by atoms with E-state index in [0.29, 0.717) is 22.9 Å². The fourth-order valence-corrected chi connectivity index (χ4v) is 3.76. The number of rotatable bonds is 3. The van der Waals surface area contributed by atoms with E-state index in [1.54, 1.807) is 24.3 Å². The smallest absolute Gasteiger partial charge is 0.344 e. The first kappa shape index (κ1) is 18.2. The molecule has 1 N–H and O–H groups in total. The fourth-order valence-electron chi connectivity index (χ4n) is 3.76. The van der Waals surface area contributed by atoms with Crippen LogP contribution in [0.5, 0.6) is 5.75 Å². The molecular weight excluding hydrogens is 352 g/mol. The summed E-state index contributed by atoms with van der Waals surface area (Å²) in [7, 11) is 0. The van der Waals surface area contributed by atoms with E-state index in [-0.39, 0.29) is 11.9 Å². The van der Waals surface area contributed by atoms with Gasteiger partial charge in [-0.25, -0.2) is 4.79 Å². The molecule has 5 heteroatoms. The van der Waals surface area contributed by atoms with E-state index < -0.39 is 0 Å². The molecule has 3 aromatic rings. The minimum atomic E-state index is -0.365. The number of anilines is 1. The van der Waals surface area contributed by atoms with Gasteiger partial charge in [0.2, 0.25) is 5.91 Å². The van der Waals surface area contributed by atoms with Crippen LogP contribution in [0.25, 0.3) is 10.9 Å². The van der Waals surface area contributed by atoms with Crippen molar-refractivity contribution in [3.8, 4) is 5.75 Å². The normalized spacial score (nSPS) is 15.7. The molecule has 2 aromatic carbocycles. The number of benzene rings is 2. The van der Waals surface area contributed by atoms with Gasteiger partial charge in [0.05, 0.1) is 11.1 Å². The SMILES string of the molecule is CC(=O)Nc1ccc(OC(=O)c2c3c(nc4ccccc24)CC[C@@H](C)C3)cc1. The Morgan fingerprint density at radius 2 is 1.86 bits per heavy atom. The highest BCUT2D eigenvalue weighted by atomic mass is 16.5. The second-order valence-corrected chi connectivity index (χ2v) is 7.37. The molecule has 28 heavy (non-hydrogen) atoms. The minimum Gasteiger partial charge on any atom is -0.423 e. The molecule has 1 aliphatic carbocycles. The Morgan fingerprint density at radius 3 is 2.61 bits per heavy atom. The minimum absolute atomic E-state index is 0.145. The van der Waals surface area contributed by atoms with Gasteiger partial charge in [-0.3, -0.25) is 9.78 Å². The Labute approximate surface area is 163 Å². The third-order valence-corrected chi connectivity index (χ3v) is 5.09. The number of amides is 1. The first-order valence-electron chi connectivity index (χ1n) is 9.51. The van der Waals surface area contributed by atoms with Crippen molar-refractivity contribution in [2.45, 2.75) is 33.1 Å². The molecule has 1 amide bonds. The van der Waals surface area contributed by atoms with Gasteiger partial charge in [0.1, 0.15) is 5.75 Å². The Hall–Kier alpha value is -3.21. The zero-order chi connectivity index (χ0) is 19.7. The number of nitrogens with one attached hydrogen (secondary N) is 1. The van der Waals surface area contributed by atoms with Crippen LogP contribution in [0.15, 0.2) is 48.5 Å². The molecule has 5 nitrogen and oxygen atoms in total. The Morgan fingerprint density at radius 1 is 1.11 bits per heavy atom. The number of pyridine rings is 1. The molecule has 0 radical (unpaired) electrons. The van der Waals surface area contributed by atoms with E-state index in [1.807, 2.05) is 24.3 Å². The van der Waals surface area contributed by atoms with Gasteiger partial charge in [-0.2, -0.15) is 0 Å². The molecule has 1 atom stereocenters. The van der Waals surface area contributed by atoms with Crippen LogP contribution in [0.4, 0.5) is 5.69 Å². The topological polar surface area (TPSA) is 68.3 Å². The van der Waals surface area contributed by atoms with Gasteiger partial charge in [0, 0.05) is 23.7 Å². The highest BCUT2D eigenvalue weighted by molar-refractivity contribution is 6.06. The van der Waals surface area contributed by atoms with Gasteiger partial charge in [-0.1, -0.05) is 25.1 Å². The predicted molar refractivity (Wildman–Crippen MR) is 109 cm³/mol. The third kappa shape index (κ3) is 3.60. The van der Waals surface area contributed by atoms with E-state index in [2.05, 4.69) is 12.2 Å². The van der Waals surface area contributed by atoms with E-state index in [0.717, 1.165) is 41.4 Å². The van der Waals surface area contributed by atoms with Crippen LogP contribution in [0, 0.1) is 5.92 Å². The number of carbonyl (C=O) groups is 2. The summed E-state index contributed by atoms with van der Waals surface area (Å²) in [6.45, 7) is 3.65. The maximum atomic E-state index is 13.1. The Kier molecular flexibility index (Phi) is 4.82. The van der Waals surface area contributed by atoms with E-state index in [4.69, 9.17) is 9.72 Å². The van der Waals surface area contributed by atoms with E-state index in [9.17, 15) is 9.59 Å². The lowest BCUT2D eigenvalue weighted by Gasteiger charge is -2.24. The zero-order valence-corrected chi connectivity index (χ0v) is 16.0. The van der Waals surface area contributed by atoms with Crippen LogP contribution >= 0.6 is 0 Å². The quantitative estimate of drug-likeness (QED) is 0.540. The summed E-state index contributed by atoms with van der Waals surface area (Å²) >= 11 is 0. The molecule has 1 heterocycles. The number of hydrogen-bond acceptors (Lipinski definition) is 4. The van der Waals surface area contributed by atoms with Gasteiger partial charge >= 0.3 is 5.97 Å². The first-order valence-corrected chi connectivity index (χ1v) is 9.51. The highest BCUT2D eigenvalue weighted by Crippen LogP contribution is 2.32. The summed E-state index contributed by atoms with van der Waals surface area (Å²) in [4.78, 5) is 29.1. The van der Waals surface area contributed by atoms with E-state index >= 15 is 0 Å². The van der Waals surface area contributed by atoms with Crippen molar-refractivity contribution in [3.63, 3.8) is 0 Å². The van der Waals surface area contributed by atoms with Crippen molar-refractivity contribution in [2.24, 2.45) is 5.92 Å². The van der Waals surface area contributed by atoms with Gasteiger partial charge < -0.3 is 10.1 Å². The average Bonchev–Trinajstić information content (AvgIpc) is 2.67. The van der Waals surface area contributed by atoms with Gasteiger partial charge in [0.15, 0.2) is 0 Å². The second-order valence-electron chi connectivity index (χ2n) is 7.37. The molecule has 1 aliphatic rings. The van der Waals surface area contributed by atoms with Crippen LogP contribution in [0.2, 0.25) is 0 Å². The summed E-state index contributed by atoms with van der Waals surface area (Å²) in [6.07, 6.45) is 2.80. The van der Waals surface area contributed by atoms with Crippen LogP contribution < -0.4 is 10.1 Å². The molecule has 0 bridgehead atoms. The largest absolute Gasteiger partial charge is 0.423 e. The molecule has 0 saturated heterocycles. The highest BCUT2D eigenvalue weighted by Gasteiger charge is 2.26. The third-order valence-electron chi connectivity index (χ3n) is 5.09. The van der Waals surface area contributed by atoms with Crippen molar-refractivity contribution < 1.29 is 14.3 Å². The number of fused-ring (bicyclic) bond motifs is 2. The molecule has 1 aromatic heterocycles. The number of aromatic nitrogens is 1. The Balaban J connectivity index is 1.70. The van der Waals surface area contributed by atoms with E-state index in [1.165, 1.54) is 6.92 Å². The molecule has 0 spiro atoms. The first-order chi connectivity index (χ1) is 13.5. The fraction of sp³-hybridized carbons (Fsp3) is 0.261. The second kappa shape index (κ2) is 7.43. The summed E-state index contributed by atoms with van der Waals surface area (Å²) in [5, 5.41) is 3.53. The van der Waals surface area contributed by atoms with Crippen LogP contribution in [-0.4, -0.2) is 16.9 Å². The average molecular weight is 374 g/mol. The molecule has 0 unspecified atom stereocenters. The van der Waals surface area contributed by atoms with Gasteiger partial charge in [0.25, 0.3) is 0 Å². The molecular formula is C23H22N2O3. The summed E-state index contributed by atoms with van der Waals surface area (Å²) in [6, 6.07) is 14.5. The standard InChI is InChI=1S/C23H22N2O3/c1-14-7-12-21-19(13-14)22(18-5-3-4-6-20(18)25-21)23(27)28-17-10-8-16(9-11-17)24-15(2)26/h3-6,8-11,14H,7,12-13H2,1-2H3,(H,24,26)/t14-/m1/s1. The summed E-state index contributed by atoms with van der Waals surface area (Å²) in [5.41, 5.74) is 4.12. The zero-order valence-electron chi connectivity index (χ0n) is 16.0. The number of carbonyl (C=O) groups excluding carboxylic acids is 2. The molecule has 142 valence electrons. The van der Waals surface area contributed by atoms with Crippen molar-refractivity contribution in [1.29, 1.82) is 0 Å². The van der Waals surface area contributed by atoms with Crippen molar-refractivity contribution >= 4 is 28.5 Å². The summed E-state index contributed by atoms with van der Waals surface area (Å²) < 4.78 is 5.69. The number of ether oxygens (including phenoxy) is 1. The lowest BCUT2D eigenvalue weighted by atomic mass is 9.84. The van der Waals surface area contributed by atoms with Gasteiger partial charge in [-0.05, 0) is 61.1 Å². The maximum Gasteiger partial charge on any atom is 0.344 e.